The van der Waals surface area contributed by atoms with Gasteiger partial charge in [-0.05, 0) is 23.6 Å². The monoisotopic (exact) mass is 276 g/mol. The fraction of sp³-hybridized carbons (Fsp3) is 0.455. The molecule has 0 saturated heterocycles. The predicted molar refractivity (Wildman–Crippen MR) is 70.8 cm³/mol. The van der Waals surface area contributed by atoms with E-state index in [0.29, 0.717) is 17.3 Å². The highest BCUT2D eigenvalue weighted by Crippen LogP contribution is 2.26. The fourth-order valence-electron chi connectivity index (χ4n) is 1.18. The normalized spacial score (nSPS) is 12.5. The van der Waals surface area contributed by atoms with Crippen LogP contribution >= 0.6 is 11.6 Å². The molecule has 96 valence electrons. The smallest absolute Gasteiger partial charge is 0.238 e. The van der Waals surface area contributed by atoms with Crippen LogP contribution < -0.4 is 10.5 Å². The number of sulfonamides is 1. The summed E-state index contributed by atoms with van der Waals surface area (Å²) in [6, 6.07) is 4.36. The summed E-state index contributed by atoms with van der Waals surface area (Å²) in [6.07, 6.45) is 0. The molecule has 0 aliphatic rings. The Morgan fingerprint density at radius 2 is 1.94 bits per heavy atom. The van der Waals surface area contributed by atoms with Gasteiger partial charge in [0.25, 0.3) is 0 Å². The maximum absolute atomic E-state index is 11.2. The molecule has 0 atom stereocenters. The molecule has 0 amide bonds. The zero-order valence-electron chi connectivity index (χ0n) is 10.1. The summed E-state index contributed by atoms with van der Waals surface area (Å²) in [4.78, 5) is 0.0540. The Morgan fingerprint density at radius 1 is 1.35 bits per heavy atom. The van der Waals surface area contributed by atoms with Crippen LogP contribution in [0, 0.1) is 5.41 Å². The van der Waals surface area contributed by atoms with Crippen molar-refractivity contribution in [2.45, 2.75) is 25.7 Å². The first-order valence-electron chi connectivity index (χ1n) is 5.16. The summed E-state index contributed by atoms with van der Waals surface area (Å²) >= 11 is 5.98. The molecule has 0 aliphatic carbocycles. The Labute approximate surface area is 107 Å². The molecule has 0 saturated carbocycles. The van der Waals surface area contributed by atoms with Crippen molar-refractivity contribution in [1.82, 2.24) is 0 Å². The highest BCUT2D eigenvalue weighted by atomic mass is 35.5. The molecule has 3 N–H and O–H groups in total. The van der Waals surface area contributed by atoms with Gasteiger partial charge in [0.05, 0.1) is 15.6 Å². The minimum absolute atomic E-state index is 0.0540. The number of anilines is 1. The number of primary sulfonamides is 1. The third-order valence-corrected chi connectivity index (χ3v) is 3.32. The molecule has 0 unspecified atom stereocenters. The Kier molecular flexibility index (Phi) is 4.06. The van der Waals surface area contributed by atoms with Gasteiger partial charge in [-0.3, -0.25) is 0 Å². The van der Waals surface area contributed by atoms with Gasteiger partial charge in [0.1, 0.15) is 0 Å². The van der Waals surface area contributed by atoms with Crippen LogP contribution in [0.2, 0.25) is 5.02 Å². The largest absolute Gasteiger partial charge is 0.383 e. The van der Waals surface area contributed by atoms with E-state index in [1.54, 1.807) is 0 Å². The van der Waals surface area contributed by atoms with E-state index in [1.807, 2.05) is 0 Å². The third kappa shape index (κ3) is 4.53. The molecular weight excluding hydrogens is 260 g/mol. The van der Waals surface area contributed by atoms with Gasteiger partial charge in [-0.1, -0.05) is 32.4 Å². The van der Waals surface area contributed by atoms with E-state index < -0.39 is 10.0 Å². The van der Waals surface area contributed by atoms with Crippen molar-refractivity contribution in [1.29, 1.82) is 0 Å². The highest BCUT2D eigenvalue weighted by Gasteiger charge is 2.13. The molecule has 0 radical (unpaired) electrons. The van der Waals surface area contributed by atoms with E-state index in [4.69, 9.17) is 16.7 Å². The minimum Gasteiger partial charge on any atom is -0.383 e. The molecular formula is C11H17ClN2O2S. The Bertz CT molecular complexity index is 507. The second-order valence-electron chi connectivity index (χ2n) is 5.10. The summed E-state index contributed by atoms with van der Waals surface area (Å²) in [5, 5.41) is 8.65. The molecule has 17 heavy (non-hydrogen) atoms. The summed E-state index contributed by atoms with van der Waals surface area (Å²) in [5.41, 5.74) is 0.647. The SMILES string of the molecule is CC(C)(C)CNc1cc(S(N)(=O)=O)ccc1Cl. The van der Waals surface area contributed by atoms with Crippen molar-refractivity contribution in [2.75, 3.05) is 11.9 Å². The van der Waals surface area contributed by atoms with E-state index >= 15 is 0 Å². The number of benzene rings is 1. The first-order chi connectivity index (χ1) is 7.59. The van der Waals surface area contributed by atoms with Gasteiger partial charge in [0.2, 0.25) is 10.0 Å². The van der Waals surface area contributed by atoms with Crippen LogP contribution in [0.25, 0.3) is 0 Å². The van der Waals surface area contributed by atoms with Gasteiger partial charge in [-0.15, -0.1) is 0 Å². The van der Waals surface area contributed by atoms with Crippen LogP contribution in [-0.2, 0) is 10.0 Å². The van der Waals surface area contributed by atoms with E-state index in [0.717, 1.165) is 0 Å². The summed E-state index contributed by atoms with van der Waals surface area (Å²) in [6.45, 7) is 6.88. The molecule has 0 heterocycles. The maximum Gasteiger partial charge on any atom is 0.238 e. The van der Waals surface area contributed by atoms with Crippen LogP contribution in [0.3, 0.4) is 0 Å². The zero-order chi connectivity index (χ0) is 13.3. The average molecular weight is 277 g/mol. The second-order valence-corrected chi connectivity index (χ2v) is 7.07. The summed E-state index contributed by atoms with van der Waals surface area (Å²) in [7, 11) is -3.69. The lowest BCUT2D eigenvalue weighted by Crippen LogP contribution is -2.19. The predicted octanol–water partition coefficient (Wildman–Crippen LogP) is 2.45. The minimum atomic E-state index is -3.69. The molecule has 0 fully saturated rings. The van der Waals surface area contributed by atoms with Crippen molar-refractivity contribution in [3.05, 3.63) is 23.2 Å². The van der Waals surface area contributed by atoms with Crippen LogP contribution in [0.5, 0.6) is 0 Å². The summed E-state index contributed by atoms with van der Waals surface area (Å²) < 4.78 is 22.4. The first-order valence-corrected chi connectivity index (χ1v) is 7.08. The van der Waals surface area contributed by atoms with E-state index in [9.17, 15) is 8.42 Å². The molecule has 1 aromatic carbocycles. The standard InChI is InChI=1S/C11H17ClN2O2S/c1-11(2,3)7-14-10-6-8(17(13,15)16)4-5-9(10)12/h4-6,14H,7H2,1-3H3,(H2,13,15,16). The van der Waals surface area contributed by atoms with E-state index in [-0.39, 0.29) is 10.3 Å². The number of hydrogen-bond acceptors (Lipinski definition) is 3. The van der Waals surface area contributed by atoms with Gasteiger partial charge in [-0.25, -0.2) is 13.6 Å². The van der Waals surface area contributed by atoms with Gasteiger partial charge >= 0.3 is 0 Å². The quantitative estimate of drug-likeness (QED) is 0.891. The van der Waals surface area contributed by atoms with Gasteiger partial charge < -0.3 is 5.32 Å². The maximum atomic E-state index is 11.2. The van der Waals surface area contributed by atoms with Gasteiger partial charge in [0, 0.05) is 6.54 Å². The van der Waals surface area contributed by atoms with Crippen LogP contribution in [0.15, 0.2) is 23.1 Å². The molecule has 4 nitrogen and oxygen atoms in total. The van der Waals surface area contributed by atoms with Crippen molar-refractivity contribution >= 4 is 27.3 Å². The Balaban J connectivity index is 3.00. The Hall–Kier alpha value is -0.780. The molecule has 0 aromatic heterocycles. The van der Waals surface area contributed by atoms with E-state index in [2.05, 4.69) is 26.1 Å². The Morgan fingerprint density at radius 3 is 2.41 bits per heavy atom. The zero-order valence-corrected chi connectivity index (χ0v) is 11.7. The first kappa shape index (κ1) is 14.3. The highest BCUT2D eigenvalue weighted by molar-refractivity contribution is 7.89. The number of rotatable bonds is 3. The lowest BCUT2D eigenvalue weighted by molar-refractivity contribution is 0.443. The number of nitrogens with one attached hydrogen (secondary N) is 1. The van der Waals surface area contributed by atoms with Crippen molar-refractivity contribution in [2.24, 2.45) is 10.6 Å². The average Bonchev–Trinajstić information content (AvgIpc) is 2.13. The van der Waals surface area contributed by atoms with Crippen LogP contribution in [-0.4, -0.2) is 15.0 Å². The number of halogens is 1. The second kappa shape index (κ2) is 4.84. The van der Waals surface area contributed by atoms with Crippen LogP contribution in [0.4, 0.5) is 5.69 Å². The molecule has 1 aromatic rings. The third-order valence-electron chi connectivity index (χ3n) is 2.08. The fourth-order valence-corrected chi connectivity index (χ4v) is 1.90. The van der Waals surface area contributed by atoms with Gasteiger partial charge in [0.15, 0.2) is 0 Å². The van der Waals surface area contributed by atoms with Gasteiger partial charge in [-0.2, -0.15) is 0 Å². The van der Waals surface area contributed by atoms with Crippen molar-refractivity contribution < 1.29 is 8.42 Å². The summed E-state index contributed by atoms with van der Waals surface area (Å²) in [5.74, 6) is 0. The van der Waals surface area contributed by atoms with Crippen LogP contribution in [0.1, 0.15) is 20.8 Å². The molecule has 0 bridgehead atoms. The lowest BCUT2D eigenvalue weighted by atomic mass is 9.97. The molecule has 0 spiro atoms. The van der Waals surface area contributed by atoms with E-state index in [1.165, 1.54) is 18.2 Å². The number of hydrogen-bond donors (Lipinski definition) is 2. The lowest BCUT2D eigenvalue weighted by Gasteiger charge is -2.20. The molecule has 0 aliphatic heterocycles. The van der Waals surface area contributed by atoms with Crippen molar-refractivity contribution in [3.8, 4) is 0 Å². The molecule has 1 rings (SSSR count). The molecule has 6 heteroatoms. The number of nitrogens with two attached hydrogens (primary N) is 1. The topological polar surface area (TPSA) is 72.2 Å². The van der Waals surface area contributed by atoms with Crippen molar-refractivity contribution in [3.63, 3.8) is 0 Å².